The first kappa shape index (κ1) is 62.2. The molecular formula is C54H83N9O13. The van der Waals surface area contributed by atoms with Crippen molar-refractivity contribution < 1.29 is 62.0 Å². The van der Waals surface area contributed by atoms with Crippen LogP contribution in [0.1, 0.15) is 125 Å². The van der Waals surface area contributed by atoms with Gasteiger partial charge in [0.15, 0.2) is 0 Å². The molecular weight excluding hydrogens is 983 g/mol. The highest BCUT2D eigenvalue weighted by atomic mass is 16.6. The summed E-state index contributed by atoms with van der Waals surface area (Å²) < 4.78 is 28.9. The molecule has 3 heterocycles. The molecule has 3 aliphatic heterocycles. The summed E-state index contributed by atoms with van der Waals surface area (Å²) in [4.78, 5) is 100.0. The molecule has 0 aliphatic carbocycles. The number of epoxide rings is 1. The van der Waals surface area contributed by atoms with Crippen LogP contribution in [0.25, 0.3) is 0 Å². The Morgan fingerprint density at radius 1 is 0.868 bits per heavy atom. The number of allylic oxidation sites excluding steroid dienone is 2. The predicted molar refractivity (Wildman–Crippen MR) is 284 cm³/mol. The Kier molecular flexibility index (Phi) is 25.9. The van der Waals surface area contributed by atoms with E-state index in [1.807, 2.05) is 26.0 Å². The highest BCUT2D eigenvalue weighted by Gasteiger charge is 2.51. The number of amides is 8. The number of benzene rings is 1. The second kappa shape index (κ2) is 31.6. The molecule has 3 saturated heterocycles. The number of ether oxygens (including phenoxy) is 5. The quantitative estimate of drug-likeness (QED) is 0.0137. The van der Waals surface area contributed by atoms with Crippen molar-refractivity contribution in [1.29, 1.82) is 0 Å². The van der Waals surface area contributed by atoms with Crippen LogP contribution >= 0.6 is 0 Å². The molecule has 0 saturated carbocycles. The summed E-state index contributed by atoms with van der Waals surface area (Å²) in [6.45, 7) is 13.7. The number of nitrogens with two attached hydrogens (primary N) is 2. The van der Waals surface area contributed by atoms with Gasteiger partial charge < -0.3 is 72.4 Å². The molecule has 3 aliphatic rings. The fourth-order valence-electron chi connectivity index (χ4n) is 8.92. The maximum absolute atomic E-state index is 13.5. The van der Waals surface area contributed by atoms with E-state index >= 15 is 0 Å². The Morgan fingerprint density at radius 3 is 2.28 bits per heavy atom. The topological polar surface area (TPSA) is 322 Å². The molecule has 11 N–H and O–H groups in total. The van der Waals surface area contributed by atoms with Gasteiger partial charge in [-0.2, -0.15) is 0 Å². The number of carbonyl (C=O) groups is 8. The minimum absolute atomic E-state index is 0.0301. The molecule has 10 atom stereocenters. The summed E-state index contributed by atoms with van der Waals surface area (Å²) in [6, 6.07) is 3.76. The molecule has 1 spiro atoms. The number of alkyl carbamates (subject to hydrolysis) is 1. The number of primary amides is 1. The molecule has 0 radical (unpaired) electrons. The first-order valence-electron chi connectivity index (χ1n) is 26.5. The maximum atomic E-state index is 13.5. The first-order valence-corrected chi connectivity index (χ1v) is 26.5. The summed E-state index contributed by atoms with van der Waals surface area (Å²) in [5, 5.41) is 19.0. The lowest BCUT2D eigenvalue weighted by Gasteiger charge is -2.39. The van der Waals surface area contributed by atoms with E-state index in [2.05, 4.69) is 50.2 Å². The average Bonchev–Trinajstić information content (AvgIpc) is 4.10. The smallest absolute Gasteiger partial charge is 0.408 e. The number of esters is 1. The van der Waals surface area contributed by atoms with Crippen molar-refractivity contribution in [2.45, 2.75) is 180 Å². The number of carbonyl (C=O) groups excluding carboxylic acids is 8. The van der Waals surface area contributed by atoms with Gasteiger partial charge in [0.1, 0.15) is 24.8 Å². The Bertz CT molecular complexity index is 2200. The molecule has 22 nitrogen and oxygen atoms in total. The number of rotatable bonds is 29. The Balaban J connectivity index is 1.18. The van der Waals surface area contributed by atoms with Crippen LogP contribution < -0.4 is 48.7 Å². The lowest BCUT2D eigenvalue weighted by Crippen LogP contribution is -2.54. The number of nitrogens with one attached hydrogen (secondary N) is 7. The SMILES string of the molecule is CC(=O)O[C@@H](C)/C=C\C(=O)N[C@@H]1C[C@H](C)[C@H](C/C=C(C)/C=C/[C@@H]2C[C@]3(CO3)C[C@@H](CC(=O)NCNC(=O)OCc3ccc(NC(=O)[C@H](CCCNC(N)=O)NC(=O)[C@@H](NC(=O)CCCCCN)C(C)C)cc3)O2)O[C@@H]1C. The zero-order chi connectivity index (χ0) is 55.8. The normalized spacial score (nSPS) is 23.5. The zero-order valence-electron chi connectivity index (χ0n) is 45.2. The van der Waals surface area contributed by atoms with Gasteiger partial charge in [-0.15, -0.1) is 0 Å². The minimum Gasteiger partial charge on any atom is -0.459 e. The lowest BCUT2D eigenvalue weighted by molar-refractivity contribution is -0.143. The molecule has 422 valence electrons. The van der Waals surface area contributed by atoms with E-state index in [1.165, 1.54) is 13.0 Å². The van der Waals surface area contributed by atoms with Crippen molar-refractivity contribution in [3.63, 3.8) is 0 Å². The van der Waals surface area contributed by atoms with Gasteiger partial charge in [0.05, 0.1) is 55.8 Å². The molecule has 0 unspecified atom stereocenters. The lowest BCUT2D eigenvalue weighted by atomic mass is 9.88. The Labute approximate surface area is 446 Å². The van der Waals surface area contributed by atoms with Crippen molar-refractivity contribution in [3.05, 3.63) is 65.8 Å². The largest absolute Gasteiger partial charge is 0.459 e. The van der Waals surface area contributed by atoms with Gasteiger partial charge in [-0.25, -0.2) is 9.59 Å². The zero-order valence-corrected chi connectivity index (χ0v) is 45.2. The third-order valence-electron chi connectivity index (χ3n) is 13.3. The Hall–Kier alpha value is -6.36. The van der Waals surface area contributed by atoms with Crippen LogP contribution in [0, 0.1) is 11.8 Å². The van der Waals surface area contributed by atoms with Crippen LogP contribution in [-0.4, -0.2) is 128 Å². The highest BCUT2D eigenvalue weighted by Crippen LogP contribution is 2.43. The molecule has 3 fully saturated rings. The molecule has 0 aromatic heterocycles. The van der Waals surface area contributed by atoms with Crippen molar-refractivity contribution in [2.75, 3.05) is 31.7 Å². The molecule has 1 aromatic carbocycles. The fraction of sp³-hybridized carbons (Fsp3) is 0.630. The maximum Gasteiger partial charge on any atom is 0.408 e. The fourth-order valence-corrected chi connectivity index (χ4v) is 8.92. The van der Waals surface area contributed by atoms with E-state index < -0.39 is 54.2 Å². The van der Waals surface area contributed by atoms with Crippen LogP contribution in [0.5, 0.6) is 0 Å². The molecule has 8 amide bonds. The van der Waals surface area contributed by atoms with Gasteiger partial charge in [-0.1, -0.05) is 63.1 Å². The monoisotopic (exact) mass is 1070 g/mol. The minimum atomic E-state index is -1.02. The number of urea groups is 1. The third kappa shape index (κ3) is 23.3. The van der Waals surface area contributed by atoms with Crippen molar-refractivity contribution in [2.24, 2.45) is 23.3 Å². The van der Waals surface area contributed by atoms with Crippen LogP contribution in [0.3, 0.4) is 0 Å². The van der Waals surface area contributed by atoms with Crippen molar-refractivity contribution in [1.82, 2.24) is 31.9 Å². The summed E-state index contributed by atoms with van der Waals surface area (Å²) in [5.41, 5.74) is 12.4. The second-order valence-corrected chi connectivity index (χ2v) is 20.4. The number of anilines is 1. The van der Waals surface area contributed by atoms with Crippen LogP contribution in [0.15, 0.2) is 60.2 Å². The average molecular weight is 1070 g/mol. The van der Waals surface area contributed by atoms with E-state index in [1.54, 1.807) is 51.1 Å². The van der Waals surface area contributed by atoms with Gasteiger partial charge in [0.25, 0.3) is 0 Å². The van der Waals surface area contributed by atoms with Gasteiger partial charge in [0.2, 0.25) is 29.5 Å². The molecule has 0 bridgehead atoms. The summed E-state index contributed by atoms with van der Waals surface area (Å²) in [7, 11) is 0. The summed E-state index contributed by atoms with van der Waals surface area (Å²) >= 11 is 0. The number of hydrogen-bond donors (Lipinski definition) is 9. The van der Waals surface area contributed by atoms with E-state index in [0.717, 1.165) is 24.8 Å². The van der Waals surface area contributed by atoms with Crippen LogP contribution in [0.2, 0.25) is 0 Å². The Morgan fingerprint density at radius 2 is 1.61 bits per heavy atom. The van der Waals surface area contributed by atoms with Crippen molar-refractivity contribution >= 4 is 53.3 Å². The molecule has 76 heavy (non-hydrogen) atoms. The van der Waals surface area contributed by atoms with Gasteiger partial charge in [-0.05, 0) is 101 Å². The van der Waals surface area contributed by atoms with Gasteiger partial charge >= 0.3 is 18.1 Å². The summed E-state index contributed by atoms with van der Waals surface area (Å²) in [6.07, 6.45) is 12.6. The van der Waals surface area contributed by atoms with Crippen LogP contribution in [-0.2, 0) is 59.1 Å². The highest BCUT2D eigenvalue weighted by molar-refractivity contribution is 5.98. The standard InChI is InChI=1S/C54H83N9O13/c1-33(2)49(63-46(65)13-9-8-10-24-55)51(69)62-43(12-11-25-57-52(56)70)50(68)60-40-19-17-39(18-20-40)30-72-53(71)59-32-58-48(67)27-42-29-54(31-73-54)28-41(76-42)21-14-34(3)15-22-45-35(4)26-44(37(6)75-45)61-47(66)23-16-36(5)74-38(7)64/h14-21,23,33,35-37,41-45,49H,8-13,22,24-32,55H2,1-7H3,(H,58,67)(H,59,71)(H,60,68)(H,61,66)(H,62,69)(H,63,65)(H3,56,57,70)/b21-14+,23-16-,34-15+/t35-,36-,37+,41+,42+,43-,44+,45-,49-,54+/m0/s1. The van der Waals surface area contributed by atoms with Gasteiger partial charge in [0, 0.05) is 44.5 Å². The van der Waals surface area contributed by atoms with E-state index in [-0.39, 0.29) is 98.6 Å². The summed E-state index contributed by atoms with van der Waals surface area (Å²) in [5.74, 6) is -2.40. The van der Waals surface area contributed by atoms with E-state index in [9.17, 15) is 38.4 Å². The number of unbranched alkanes of at least 4 members (excludes halogenated alkanes) is 2. The first-order chi connectivity index (χ1) is 36.1. The van der Waals surface area contributed by atoms with Crippen molar-refractivity contribution in [3.8, 4) is 0 Å². The third-order valence-corrected chi connectivity index (χ3v) is 13.3. The van der Waals surface area contributed by atoms with Crippen LogP contribution in [0.4, 0.5) is 15.3 Å². The van der Waals surface area contributed by atoms with Gasteiger partial charge in [-0.3, -0.25) is 28.8 Å². The predicted octanol–water partition coefficient (Wildman–Crippen LogP) is 3.92. The molecule has 1 aromatic rings. The molecule has 22 heteroatoms. The molecule has 4 rings (SSSR count). The van der Waals surface area contributed by atoms with E-state index in [4.69, 9.17) is 35.2 Å². The second-order valence-electron chi connectivity index (χ2n) is 20.4. The van der Waals surface area contributed by atoms with E-state index in [0.29, 0.717) is 56.5 Å². The number of hydrogen-bond acceptors (Lipinski definition) is 14.